The standard InChI is InChI=1S/C7H13BrN2O2/c1-5(8)7(12)10-4-2-3-6(9)11/h5H,2-4H2,1H3,(H2,9,11)(H,10,12). The molecule has 0 saturated carbocycles. The fraction of sp³-hybridized carbons (Fsp3) is 0.714. The van der Waals surface area contributed by atoms with Crippen LogP contribution in [0.3, 0.4) is 0 Å². The Bertz CT molecular complexity index is 171. The van der Waals surface area contributed by atoms with Gasteiger partial charge in [-0.3, -0.25) is 9.59 Å². The van der Waals surface area contributed by atoms with Crippen molar-refractivity contribution >= 4 is 27.7 Å². The Morgan fingerprint density at radius 1 is 1.58 bits per heavy atom. The van der Waals surface area contributed by atoms with Gasteiger partial charge in [-0.05, 0) is 13.3 Å². The Labute approximate surface area is 80.0 Å². The molecule has 4 nitrogen and oxygen atoms in total. The lowest BCUT2D eigenvalue weighted by Crippen LogP contribution is -2.30. The molecule has 2 amide bonds. The third-order valence-corrected chi connectivity index (χ3v) is 1.68. The summed E-state index contributed by atoms with van der Waals surface area (Å²) in [5.74, 6) is -0.407. The van der Waals surface area contributed by atoms with Crippen LogP contribution in [0.2, 0.25) is 0 Å². The molecule has 12 heavy (non-hydrogen) atoms. The zero-order valence-corrected chi connectivity index (χ0v) is 8.56. The second-order valence-electron chi connectivity index (χ2n) is 2.48. The van der Waals surface area contributed by atoms with Crippen LogP contribution in [-0.2, 0) is 9.59 Å². The van der Waals surface area contributed by atoms with Gasteiger partial charge in [0.1, 0.15) is 0 Å². The molecule has 3 N–H and O–H groups in total. The van der Waals surface area contributed by atoms with Gasteiger partial charge in [0.2, 0.25) is 11.8 Å². The molecule has 0 aliphatic carbocycles. The van der Waals surface area contributed by atoms with Crippen LogP contribution in [0.25, 0.3) is 0 Å². The zero-order valence-electron chi connectivity index (χ0n) is 6.97. The SMILES string of the molecule is CC(Br)C(=O)NCCCC(N)=O. The van der Waals surface area contributed by atoms with Gasteiger partial charge in [0.25, 0.3) is 0 Å². The smallest absolute Gasteiger partial charge is 0.233 e. The topological polar surface area (TPSA) is 72.2 Å². The fourth-order valence-corrected chi connectivity index (χ4v) is 0.777. The Morgan fingerprint density at radius 3 is 2.58 bits per heavy atom. The highest BCUT2D eigenvalue weighted by Gasteiger charge is 2.06. The van der Waals surface area contributed by atoms with Crippen molar-refractivity contribution in [2.75, 3.05) is 6.54 Å². The predicted octanol–water partition coefficient (Wildman–Crippen LogP) is 0.152. The first-order valence-corrected chi connectivity index (χ1v) is 4.65. The number of alkyl halides is 1. The normalized spacial score (nSPS) is 12.2. The van der Waals surface area contributed by atoms with E-state index >= 15 is 0 Å². The van der Waals surface area contributed by atoms with Gasteiger partial charge in [0, 0.05) is 13.0 Å². The van der Waals surface area contributed by atoms with E-state index in [9.17, 15) is 9.59 Å². The average molecular weight is 237 g/mol. The van der Waals surface area contributed by atoms with Gasteiger partial charge >= 0.3 is 0 Å². The van der Waals surface area contributed by atoms with Crippen LogP contribution in [0.15, 0.2) is 0 Å². The molecular weight excluding hydrogens is 224 g/mol. The maximum atomic E-state index is 10.9. The van der Waals surface area contributed by atoms with Gasteiger partial charge in [-0.25, -0.2) is 0 Å². The van der Waals surface area contributed by atoms with Crippen LogP contribution < -0.4 is 11.1 Å². The second-order valence-corrected chi connectivity index (χ2v) is 3.85. The predicted molar refractivity (Wildman–Crippen MR) is 49.8 cm³/mol. The minimum Gasteiger partial charge on any atom is -0.370 e. The van der Waals surface area contributed by atoms with Gasteiger partial charge < -0.3 is 11.1 Å². The van der Waals surface area contributed by atoms with Crippen LogP contribution in [-0.4, -0.2) is 23.2 Å². The van der Waals surface area contributed by atoms with Crippen molar-refractivity contribution in [3.05, 3.63) is 0 Å². The number of primary amides is 1. The maximum absolute atomic E-state index is 10.9. The first-order valence-electron chi connectivity index (χ1n) is 3.74. The highest BCUT2D eigenvalue weighted by atomic mass is 79.9. The van der Waals surface area contributed by atoms with E-state index in [1.165, 1.54) is 0 Å². The van der Waals surface area contributed by atoms with Crippen LogP contribution in [0, 0.1) is 0 Å². The number of hydrogen-bond donors (Lipinski definition) is 2. The number of carbonyl (C=O) groups excluding carboxylic acids is 2. The molecule has 0 fully saturated rings. The molecule has 0 rings (SSSR count). The fourth-order valence-electron chi connectivity index (χ4n) is 0.615. The van der Waals surface area contributed by atoms with Crippen molar-refractivity contribution in [1.82, 2.24) is 5.32 Å². The summed E-state index contributed by atoms with van der Waals surface area (Å²) in [6.07, 6.45) is 0.914. The average Bonchev–Trinajstić information content (AvgIpc) is 1.97. The minimum atomic E-state index is -0.337. The number of halogens is 1. The van der Waals surface area contributed by atoms with Crippen LogP contribution in [0.4, 0.5) is 0 Å². The lowest BCUT2D eigenvalue weighted by molar-refractivity contribution is -0.121. The summed E-state index contributed by atoms with van der Waals surface area (Å²) in [7, 11) is 0. The molecule has 0 saturated heterocycles. The summed E-state index contributed by atoms with van der Waals surface area (Å²) < 4.78 is 0. The Kier molecular flexibility index (Phi) is 5.70. The lowest BCUT2D eigenvalue weighted by Gasteiger charge is -2.04. The maximum Gasteiger partial charge on any atom is 0.233 e. The Morgan fingerprint density at radius 2 is 2.17 bits per heavy atom. The van der Waals surface area contributed by atoms with Gasteiger partial charge in [-0.2, -0.15) is 0 Å². The van der Waals surface area contributed by atoms with Crippen molar-refractivity contribution in [1.29, 1.82) is 0 Å². The van der Waals surface area contributed by atoms with Gasteiger partial charge in [-0.1, -0.05) is 15.9 Å². The first kappa shape index (κ1) is 11.4. The monoisotopic (exact) mass is 236 g/mol. The molecule has 0 aromatic carbocycles. The van der Waals surface area contributed by atoms with E-state index in [1.54, 1.807) is 6.92 Å². The van der Waals surface area contributed by atoms with Crippen LogP contribution >= 0.6 is 15.9 Å². The van der Waals surface area contributed by atoms with Crippen molar-refractivity contribution < 1.29 is 9.59 Å². The third-order valence-electron chi connectivity index (χ3n) is 1.26. The molecule has 0 bridgehead atoms. The highest BCUT2D eigenvalue weighted by Crippen LogP contribution is 1.96. The number of carbonyl (C=O) groups is 2. The van der Waals surface area contributed by atoms with E-state index in [-0.39, 0.29) is 16.6 Å². The van der Waals surface area contributed by atoms with Gasteiger partial charge in [-0.15, -0.1) is 0 Å². The third kappa shape index (κ3) is 6.15. The summed E-state index contributed by atoms with van der Waals surface area (Å²) in [5, 5.41) is 2.64. The number of nitrogens with two attached hydrogens (primary N) is 1. The Balaban J connectivity index is 3.32. The van der Waals surface area contributed by atoms with E-state index in [1.807, 2.05) is 0 Å². The molecule has 0 aliphatic rings. The van der Waals surface area contributed by atoms with E-state index in [2.05, 4.69) is 21.2 Å². The van der Waals surface area contributed by atoms with E-state index < -0.39 is 0 Å². The highest BCUT2D eigenvalue weighted by molar-refractivity contribution is 9.10. The Hall–Kier alpha value is -0.580. The van der Waals surface area contributed by atoms with E-state index in [0.717, 1.165) is 0 Å². The largest absolute Gasteiger partial charge is 0.370 e. The van der Waals surface area contributed by atoms with Crippen molar-refractivity contribution in [3.63, 3.8) is 0 Å². The quantitative estimate of drug-likeness (QED) is 0.527. The number of hydrogen-bond acceptors (Lipinski definition) is 2. The summed E-state index contributed by atoms with van der Waals surface area (Å²) in [6, 6.07) is 0. The van der Waals surface area contributed by atoms with Crippen molar-refractivity contribution in [3.8, 4) is 0 Å². The van der Waals surface area contributed by atoms with E-state index in [0.29, 0.717) is 19.4 Å². The summed E-state index contributed by atoms with van der Waals surface area (Å²) in [4.78, 5) is 21.0. The van der Waals surface area contributed by atoms with E-state index in [4.69, 9.17) is 5.73 Å². The molecule has 0 spiro atoms. The molecule has 0 aromatic rings. The molecule has 0 aliphatic heterocycles. The van der Waals surface area contributed by atoms with Gasteiger partial charge in [0.15, 0.2) is 0 Å². The van der Waals surface area contributed by atoms with Crippen LogP contribution in [0.5, 0.6) is 0 Å². The molecule has 5 heteroatoms. The first-order chi connectivity index (χ1) is 5.54. The number of nitrogens with one attached hydrogen (secondary N) is 1. The van der Waals surface area contributed by atoms with Crippen LogP contribution in [0.1, 0.15) is 19.8 Å². The summed E-state index contributed by atoms with van der Waals surface area (Å²) >= 11 is 3.12. The molecule has 1 unspecified atom stereocenters. The molecule has 70 valence electrons. The van der Waals surface area contributed by atoms with Crippen molar-refractivity contribution in [2.45, 2.75) is 24.6 Å². The summed E-state index contributed by atoms with van der Waals surface area (Å²) in [5.41, 5.74) is 4.91. The molecule has 0 radical (unpaired) electrons. The molecule has 0 aromatic heterocycles. The number of rotatable bonds is 5. The van der Waals surface area contributed by atoms with Crippen molar-refractivity contribution in [2.24, 2.45) is 5.73 Å². The lowest BCUT2D eigenvalue weighted by atomic mass is 10.3. The molecular formula is C7H13BrN2O2. The minimum absolute atomic E-state index is 0.0699. The number of amides is 2. The molecule has 0 heterocycles. The summed E-state index contributed by atoms with van der Waals surface area (Å²) in [6.45, 7) is 2.24. The molecule has 1 atom stereocenters. The van der Waals surface area contributed by atoms with Gasteiger partial charge in [0.05, 0.1) is 4.83 Å². The second kappa shape index (κ2) is 5.99. The zero-order chi connectivity index (χ0) is 9.56.